The van der Waals surface area contributed by atoms with Gasteiger partial charge in [0.25, 0.3) is 0 Å². The Morgan fingerprint density at radius 3 is 2.34 bits per heavy atom. The molecule has 5 rings (SSSR count). The van der Waals surface area contributed by atoms with E-state index < -0.39 is 0 Å². The highest BCUT2D eigenvalue weighted by atomic mass is 32.2. The first-order chi connectivity index (χ1) is 17.2. The smallest absolute Gasteiger partial charge is 0.234 e. The molecule has 2 heterocycles. The molecule has 0 aliphatic heterocycles. The van der Waals surface area contributed by atoms with Crippen LogP contribution in [0.1, 0.15) is 11.1 Å². The Hall–Kier alpha value is -4.17. The average Bonchev–Trinajstić information content (AvgIpc) is 3.31. The van der Waals surface area contributed by atoms with E-state index in [9.17, 15) is 4.79 Å². The summed E-state index contributed by atoms with van der Waals surface area (Å²) in [4.78, 5) is 21.3. The summed E-state index contributed by atoms with van der Waals surface area (Å²) in [7, 11) is 0. The minimum atomic E-state index is -0.114. The van der Waals surface area contributed by atoms with Gasteiger partial charge < -0.3 is 10.1 Å². The third-order valence-electron chi connectivity index (χ3n) is 5.30. The molecule has 5 aromatic rings. The lowest BCUT2D eigenvalue weighted by Crippen LogP contribution is -2.14. The van der Waals surface area contributed by atoms with Gasteiger partial charge in [-0.3, -0.25) is 4.79 Å². The molecule has 0 radical (unpaired) electrons. The number of carbonyl (C=O) groups is 1. The zero-order chi connectivity index (χ0) is 23.9. The zero-order valence-electron chi connectivity index (χ0n) is 18.9. The first kappa shape index (κ1) is 22.6. The van der Waals surface area contributed by atoms with E-state index in [4.69, 9.17) is 4.74 Å². The van der Waals surface area contributed by atoms with Gasteiger partial charge in [0.1, 0.15) is 23.7 Å². The van der Waals surface area contributed by atoms with Crippen LogP contribution in [0.5, 0.6) is 5.75 Å². The molecule has 0 aliphatic rings. The van der Waals surface area contributed by atoms with Crippen LogP contribution in [-0.4, -0.2) is 31.4 Å². The van der Waals surface area contributed by atoms with E-state index in [0.717, 1.165) is 32.9 Å². The number of hydrogen-bond donors (Lipinski definition) is 1. The SMILES string of the molecule is O=C(CSc1ncnc2c1cnn2Cc1ccccc1)Nc1ccc(OCc2ccccc2)cc1. The maximum absolute atomic E-state index is 12.5. The van der Waals surface area contributed by atoms with Gasteiger partial charge in [0, 0.05) is 5.69 Å². The van der Waals surface area contributed by atoms with Gasteiger partial charge in [-0.25, -0.2) is 14.6 Å². The van der Waals surface area contributed by atoms with E-state index in [-0.39, 0.29) is 11.7 Å². The normalized spacial score (nSPS) is 10.9. The Morgan fingerprint density at radius 2 is 1.60 bits per heavy atom. The van der Waals surface area contributed by atoms with Crippen molar-refractivity contribution in [3.63, 3.8) is 0 Å². The van der Waals surface area contributed by atoms with Crippen molar-refractivity contribution in [1.29, 1.82) is 0 Å². The van der Waals surface area contributed by atoms with Crippen molar-refractivity contribution in [1.82, 2.24) is 19.7 Å². The summed E-state index contributed by atoms with van der Waals surface area (Å²) in [5, 5.41) is 8.96. The Morgan fingerprint density at radius 1 is 0.886 bits per heavy atom. The number of nitrogens with zero attached hydrogens (tertiary/aromatic N) is 4. The number of anilines is 1. The van der Waals surface area contributed by atoms with Crippen molar-refractivity contribution in [3.8, 4) is 5.75 Å². The summed E-state index contributed by atoms with van der Waals surface area (Å²) < 4.78 is 7.64. The Bertz CT molecular complexity index is 1410. The van der Waals surface area contributed by atoms with Crippen molar-refractivity contribution < 1.29 is 9.53 Å². The fourth-order valence-corrected chi connectivity index (χ4v) is 4.33. The summed E-state index contributed by atoms with van der Waals surface area (Å²) in [5.74, 6) is 0.857. The Balaban J connectivity index is 1.16. The van der Waals surface area contributed by atoms with Crippen LogP contribution in [-0.2, 0) is 17.9 Å². The highest BCUT2D eigenvalue weighted by Gasteiger charge is 2.12. The molecule has 0 saturated carbocycles. The molecule has 0 bridgehead atoms. The van der Waals surface area contributed by atoms with E-state index in [1.165, 1.54) is 18.1 Å². The maximum atomic E-state index is 12.5. The molecular formula is C27H23N5O2S. The lowest BCUT2D eigenvalue weighted by Gasteiger charge is -2.09. The van der Waals surface area contributed by atoms with Gasteiger partial charge in [-0.2, -0.15) is 5.10 Å². The summed E-state index contributed by atoms with van der Waals surface area (Å²) in [6.07, 6.45) is 3.27. The second-order valence-corrected chi connectivity index (χ2v) is 8.80. The van der Waals surface area contributed by atoms with E-state index in [1.54, 1.807) is 6.20 Å². The summed E-state index contributed by atoms with van der Waals surface area (Å²) in [6.45, 7) is 1.12. The molecule has 1 amide bonds. The van der Waals surface area contributed by atoms with Crippen LogP contribution in [0.3, 0.4) is 0 Å². The van der Waals surface area contributed by atoms with E-state index >= 15 is 0 Å². The third kappa shape index (κ3) is 5.85. The first-order valence-corrected chi connectivity index (χ1v) is 12.1. The molecule has 1 N–H and O–H groups in total. The fourth-order valence-electron chi connectivity index (χ4n) is 3.56. The highest BCUT2D eigenvalue weighted by Crippen LogP contribution is 2.25. The minimum Gasteiger partial charge on any atom is -0.489 e. The zero-order valence-corrected chi connectivity index (χ0v) is 19.7. The molecule has 174 valence electrons. The lowest BCUT2D eigenvalue weighted by atomic mass is 10.2. The van der Waals surface area contributed by atoms with E-state index in [1.807, 2.05) is 77.5 Å². The van der Waals surface area contributed by atoms with Crippen LogP contribution in [0.4, 0.5) is 5.69 Å². The van der Waals surface area contributed by atoms with Gasteiger partial charge in [-0.15, -0.1) is 0 Å². The van der Waals surface area contributed by atoms with Crippen molar-refractivity contribution >= 4 is 34.4 Å². The molecule has 0 saturated heterocycles. The van der Waals surface area contributed by atoms with Gasteiger partial charge in [-0.05, 0) is 35.4 Å². The molecule has 8 heteroatoms. The van der Waals surface area contributed by atoms with Crippen molar-refractivity contribution in [2.45, 2.75) is 18.2 Å². The van der Waals surface area contributed by atoms with Crippen LogP contribution in [0.25, 0.3) is 11.0 Å². The standard InChI is InChI=1S/C27H23N5O2S/c33-25(31-22-11-13-23(14-12-22)34-17-21-9-5-2-6-10-21)18-35-27-24-15-30-32(26(24)28-19-29-27)16-20-7-3-1-4-8-20/h1-15,19H,16-18H2,(H,31,33). The van der Waals surface area contributed by atoms with Gasteiger partial charge in [-0.1, -0.05) is 72.4 Å². The molecule has 3 aromatic carbocycles. The van der Waals surface area contributed by atoms with Crippen LogP contribution in [0.2, 0.25) is 0 Å². The van der Waals surface area contributed by atoms with Gasteiger partial charge in [0.2, 0.25) is 5.91 Å². The quantitative estimate of drug-likeness (QED) is 0.231. The Kier molecular flexibility index (Phi) is 7.00. The number of nitrogens with one attached hydrogen (secondary N) is 1. The molecule has 0 unspecified atom stereocenters. The van der Waals surface area contributed by atoms with Gasteiger partial charge in [0.05, 0.1) is 23.9 Å². The van der Waals surface area contributed by atoms with Crippen molar-refractivity contribution in [3.05, 3.63) is 109 Å². The molecular weight excluding hydrogens is 458 g/mol. The van der Waals surface area contributed by atoms with E-state index in [0.29, 0.717) is 18.8 Å². The number of benzene rings is 3. The molecule has 35 heavy (non-hydrogen) atoms. The minimum absolute atomic E-state index is 0.114. The molecule has 0 aliphatic carbocycles. The second kappa shape index (κ2) is 10.8. The number of thioether (sulfide) groups is 1. The van der Waals surface area contributed by atoms with Crippen molar-refractivity contribution in [2.75, 3.05) is 11.1 Å². The molecule has 0 atom stereocenters. The van der Waals surface area contributed by atoms with Crippen LogP contribution in [0.15, 0.2) is 102 Å². The molecule has 2 aromatic heterocycles. The predicted molar refractivity (Wildman–Crippen MR) is 137 cm³/mol. The average molecular weight is 482 g/mol. The number of rotatable bonds is 9. The molecule has 7 nitrogen and oxygen atoms in total. The Labute approximate surface area is 207 Å². The lowest BCUT2D eigenvalue weighted by molar-refractivity contribution is -0.113. The third-order valence-corrected chi connectivity index (χ3v) is 6.30. The number of carbonyl (C=O) groups excluding carboxylic acids is 1. The fraction of sp³-hybridized carbons (Fsp3) is 0.111. The number of amides is 1. The second-order valence-electron chi connectivity index (χ2n) is 7.84. The molecule has 0 fully saturated rings. The maximum Gasteiger partial charge on any atom is 0.234 e. The highest BCUT2D eigenvalue weighted by molar-refractivity contribution is 8.00. The van der Waals surface area contributed by atoms with E-state index in [2.05, 4.69) is 32.5 Å². The van der Waals surface area contributed by atoms with Crippen LogP contribution >= 0.6 is 11.8 Å². The van der Waals surface area contributed by atoms with Crippen LogP contribution in [0, 0.1) is 0 Å². The predicted octanol–water partition coefficient (Wildman–Crippen LogP) is 5.18. The first-order valence-electron chi connectivity index (χ1n) is 11.1. The monoisotopic (exact) mass is 481 g/mol. The largest absolute Gasteiger partial charge is 0.489 e. The van der Waals surface area contributed by atoms with Gasteiger partial charge in [0.15, 0.2) is 5.65 Å². The summed E-state index contributed by atoms with van der Waals surface area (Å²) in [5.41, 5.74) is 3.71. The topological polar surface area (TPSA) is 81.9 Å². The van der Waals surface area contributed by atoms with Crippen LogP contribution < -0.4 is 10.1 Å². The number of fused-ring (bicyclic) bond motifs is 1. The van der Waals surface area contributed by atoms with Gasteiger partial charge >= 0.3 is 0 Å². The number of aromatic nitrogens is 4. The molecule has 0 spiro atoms. The number of hydrogen-bond acceptors (Lipinski definition) is 6. The number of ether oxygens (including phenoxy) is 1. The summed E-state index contributed by atoms with van der Waals surface area (Å²) in [6, 6.07) is 27.4. The van der Waals surface area contributed by atoms with Crippen molar-refractivity contribution in [2.24, 2.45) is 0 Å². The summed E-state index contributed by atoms with van der Waals surface area (Å²) >= 11 is 1.36.